The molecule has 0 spiro atoms. The minimum atomic E-state index is -0.185. The van der Waals surface area contributed by atoms with Crippen LogP contribution in [0.1, 0.15) is 18.0 Å². The fraction of sp³-hybridized carbons (Fsp3) is 0.238. The zero-order chi connectivity index (χ0) is 19.7. The van der Waals surface area contributed by atoms with Gasteiger partial charge in [-0.3, -0.25) is 9.59 Å². The number of nitrogens with zero attached hydrogens (tertiary/aromatic N) is 1. The number of benzene rings is 2. The molecule has 1 aliphatic rings. The van der Waals surface area contributed by atoms with Crippen molar-refractivity contribution in [3.05, 3.63) is 74.6 Å². The van der Waals surface area contributed by atoms with Crippen molar-refractivity contribution in [2.45, 2.75) is 18.9 Å². The first-order valence-corrected chi connectivity index (χ1v) is 9.87. The maximum Gasteiger partial charge on any atom is 0.258 e. The Hall–Kier alpha value is -2.34. The number of anilines is 1. The summed E-state index contributed by atoms with van der Waals surface area (Å²) in [6.07, 6.45) is 2.92. The number of hydrogen-bond donors (Lipinski definition) is 2. The van der Waals surface area contributed by atoms with Crippen molar-refractivity contribution in [3.63, 3.8) is 0 Å². The largest absolute Gasteiger partial charge is 0.325 e. The van der Waals surface area contributed by atoms with Crippen LogP contribution in [0.15, 0.2) is 53.5 Å². The lowest BCUT2D eigenvalue weighted by molar-refractivity contribution is -0.115. The average molecular weight is 416 g/mol. The lowest BCUT2D eigenvalue weighted by atomic mass is 10.1. The van der Waals surface area contributed by atoms with Gasteiger partial charge in [-0.1, -0.05) is 35.3 Å². The van der Waals surface area contributed by atoms with Crippen molar-refractivity contribution >= 4 is 45.6 Å². The van der Waals surface area contributed by atoms with Gasteiger partial charge in [0.25, 0.3) is 5.56 Å². The van der Waals surface area contributed by atoms with E-state index in [1.165, 1.54) is 0 Å². The number of amides is 1. The smallest absolute Gasteiger partial charge is 0.258 e. The SMILES string of the molecule is O=C(Cc1ccc(Cl)c(Cl)c1)Nc1cccc2c(=O)n(C3CCNC3)ccc12. The molecule has 1 atom stereocenters. The minimum Gasteiger partial charge on any atom is -0.325 e. The van der Waals surface area contributed by atoms with Crippen molar-refractivity contribution < 1.29 is 4.79 Å². The Morgan fingerprint density at radius 1 is 1.14 bits per heavy atom. The van der Waals surface area contributed by atoms with Crippen LogP contribution < -0.4 is 16.2 Å². The van der Waals surface area contributed by atoms with Gasteiger partial charge in [-0.2, -0.15) is 0 Å². The zero-order valence-corrected chi connectivity index (χ0v) is 16.6. The van der Waals surface area contributed by atoms with Gasteiger partial charge in [0, 0.05) is 29.2 Å². The van der Waals surface area contributed by atoms with E-state index in [4.69, 9.17) is 23.2 Å². The highest BCUT2D eigenvalue weighted by Crippen LogP contribution is 2.25. The number of pyridine rings is 1. The van der Waals surface area contributed by atoms with E-state index in [1.54, 1.807) is 41.0 Å². The van der Waals surface area contributed by atoms with Crippen LogP contribution in [0.25, 0.3) is 10.8 Å². The molecule has 7 heteroatoms. The van der Waals surface area contributed by atoms with Crippen LogP contribution in [0.4, 0.5) is 5.69 Å². The molecule has 0 bridgehead atoms. The van der Waals surface area contributed by atoms with E-state index in [9.17, 15) is 9.59 Å². The van der Waals surface area contributed by atoms with Crippen LogP contribution in [0.2, 0.25) is 10.0 Å². The highest BCUT2D eigenvalue weighted by Gasteiger charge is 2.18. The second-order valence-corrected chi connectivity index (χ2v) is 7.73. The van der Waals surface area contributed by atoms with Gasteiger partial charge in [0.05, 0.1) is 22.5 Å². The summed E-state index contributed by atoms with van der Waals surface area (Å²) < 4.78 is 1.78. The summed E-state index contributed by atoms with van der Waals surface area (Å²) in [4.78, 5) is 25.4. The Bertz CT molecular complexity index is 1100. The summed E-state index contributed by atoms with van der Waals surface area (Å²) in [5, 5.41) is 8.39. The molecule has 2 heterocycles. The van der Waals surface area contributed by atoms with Crippen LogP contribution in [0.5, 0.6) is 0 Å². The van der Waals surface area contributed by atoms with Crippen LogP contribution in [-0.2, 0) is 11.2 Å². The number of halogens is 2. The van der Waals surface area contributed by atoms with E-state index in [0.717, 1.165) is 30.5 Å². The molecule has 1 saturated heterocycles. The summed E-state index contributed by atoms with van der Waals surface area (Å²) in [6, 6.07) is 12.6. The molecule has 1 amide bonds. The lowest BCUT2D eigenvalue weighted by Crippen LogP contribution is -2.26. The topological polar surface area (TPSA) is 63.1 Å². The third-order valence-electron chi connectivity index (χ3n) is 5.02. The third-order valence-corrected chi connectivity index (χ3v) is 5.76. The second-order valence-electron chi connectivity index (χ2n) is 6.92. The number of carbonyl (C=O) groups is 1. The molecule has 3 aromatic rings. The van der Waals surface area contributed by atoms with Gasteiger partial charge < -0.3 is 15.2 Å². The highest BCUT2D eigenvalue weighted by molar-refractivity contribution is 6.42. The Morgan fingerprint density at radius 3 is 2.75 bits per heavy atom. The Kier molecular flexibility index (Phi) is 5.40. The quantitative estimate of drug-likeness (QED) is 0.675. The second kappa shape index (κ2) is 7.95. The molecule has 5 nitrogen and oxygen atoms in total. The van der Waals surface area contributed by atoms with Gasteiger partial charge in [0.2, 0.25) is 5.91 Å². The van der Waals surface area contributed by atoms with Crippen molar-refractivity contribution in [2.24, 2.45) is 0 Å². The number of carbonyl (C=O) groups excluding carboxylic acids is 1. The molecule has 1 unspecified atom stereocenters. The van der Waals surface area contributed by atoms with Gasteiger partial charge in [-0.25, -0.2) is 0 Å². The summed E-state index contributed by atoms with van der Waals surface area (Å²) in [6.45, 7) is 1.71. The van der Waals surface area contributed by atoms with Crippen molar-refractivity contribution in [1.82, 2.24) is 9.88 Å². The van der Waals surface area contributed by atoms with Gasteiger partial charge in [-0.15, -0.1) is 0 Å². The molecule has 1 fully saturated rings. The fourth-order valence-electron chi connectivity index (χ4n) is 3.60. The predicted molar refractivity (Wildman–Crippen MR) is 114 cm³/mol. The first-order valence-electron chi connectivity index (χ1n) is 9.11. The minimum absolute atomic E-state index is 0.0354. The molecule has 144 valence electrons. The van der Waals surface area contributed by atoms with Crippen molar-refractivity contribution in [3.8, 4) is 0 Å². The fourth-order valence-corrected chi connectivity index (χ4v) is 3.92. The zero-order valence-electron chi connectivity index (χ0n) is 15.0. The van der Waals surface area contributed by atoms with Crippen LogP contribution in [0, 0.1) is 0 Å². The molecule has 1 aromatic heterocycles. The maximum atomic E-state index is 12.9. The summed E-state index contributed by atoms with van der Waals surface area (Å²) >= 11 is 11.9. The average Bonchev–Trinajstić information content (AvgIpc) is 3.20. The molecular weight excluding hydrogens is 397 g/mol. The van der Waals surface area contributed by atoms with E-state index in [2.05, 4.69) is 10.6 Å². The first kappa shape index (κ1) is 19.0. The molecular formula is C21H19Cl2N3O2. The molecule has 1 aliphatic heterocycles. The van der Waals surface area contributed by atoms with Crippen LogP contribution in [0.3, 0.4) is 0 Å². The molecule has 4 rings (SSSR count). The van der Waals surface area contributed by atoms with Crippen molar-refractivity contribution in [2.75, 3.05) is 18.4 Å². The van der Waals surface area contributed by atoms with E-state index in [1.807, 2.05) is 12.3 Å². The number of nitrogens with one attached hydrogen (secondary N) is 2. The molecule has 0 saturated carbocycles. The predicted octanol–water partition coefficient (Wildman–Crippen LogP) is 4.02. The van der Waals surface area contributed by atoms with E-state index < -0.39 is 0 Å². The molecule has 2 N–H and O–H groups in total. The Balaban J connectivity index is 1.60. The lowest BCUT2D eigenvalue weighted by Gasteiger charge is -2.15. The van der Waals surface area contributed by atoms with Gasteiger partial charge in [0.15, 0.2) is 0 Å². The normalized spacial score (nSPS) is 16.4. The van der Waals surface area contributed by atoms with Gasteiger partial charge in [0.1, 0.15) is 0 Å². The number of rotatable bonds is 4. The summed E-state index contributed by atoms with van der Waals surface area (Å²) in [7, 11) is 0. The van der Waals surface area contributed by atoms with Crippen LogP contribution in [-0.4, -0.2) is 23.6 Å². The Morgan fingerprint density at radius 2 is 2.00 bits per heavy atom. The standard InChI is InChI=1S/C21H19Cl2N3O2/c22-17-5-4-13(10-18(17)23)11-20(27)25-19-3-1-2-16-15(19)7-9-26(21(16)28)14-6-8-24-12-14/h1-5,7,9-10,14,24H,6,8,11-12H2,(H,25,27). The number of aromatic nitrogens is 1. The highest BCUT2D eigenvalue weighted by atomic mass is 35.5. The van der Waals surface area contributed by atoms with Crippen molar-refractivity contribution in [1.29, 1.82) is 0 Å². The monoisotopic (exact) mass is 415 g/mol. The third kappa shape index (κ3) is 3.78. The maximum absolute atomic E-state index is 12.9. The summed E-state index contributed by atoms with van der Waals surface area (Å²) in [5.41, 5.74) is 1.35. The van der Waals surface area contributed by atoms with E-state index in [-0.39, 0.29) is 23.9 Å². The van der Waals surface area contributed by atoms with E-state index >= 15 is 0 Å². The number of fused-ring (bicyclic) bond motifs is 1. The molecule has 0 aliphatic carbocycles. The Labute approximate surface area is 172 Å². The van der Waals surface area contributed by atoms with E-state index in [0.29, 0.717) is 21.1 Å². The molecule has 28 heavy (non-hydrogen) atoms. The molecule has 2 aromatic carbocycles. The number of hydrogen-bond acceptors (Lipinski definition) is 3. The first-order chi connectivity index (χ1) is 13.5. The summed E-state index contributed by atoms with van der Waals surface area (Å²) in [5.74, 6) is -0.185. The van der Waals surface area contributed by atoms with Crippen LogP contribution >= 0.6 is 23.2 Å². The van der Waals surface area contributed by atoms with Gasteiger partial charge in [-0.05, 0) is 48.9 Å². The molecule has 0 radical (unpaired) electrons. The van der Waals surface area contributed by atoms with Gasteiger partial charge >= 0.3 is 0 Å².